The van der Waals surface area contributed by atoms with Gasteiger partial charge in [-0.3, -0.25) is 10.1 Å². The van der Waals surface area contributed by atoms with E-state index in [1.54, 1.807) is 6.07 Å². The summed E-state index contributed by atoms with van der Waals surface area (Å²) in [4.78, 5) is 27.3. The second kappa shape index (κ2) is 6.99. The van der Waals surface area contributed by atoms with Crippen LogP contribution in [0.15, 0.2) is 47.2 Å². The van der Waals surface area contributed by atoms with Gasteiger partial charge in [-0.15, -0.1) is 0 Å². The summed E-state index contributed by atoms with van der Waals surface area (Å²) in [7, 11) is 0. The van der Waals surface area contributed by atoms with Crippen molar-refractivity contribution in [2.45, 2.75) is 13.5 Å². The van der Waals surface area contributed by atoms with Crippen molar-refractivity contribution in [3.63, 3.8) is 0 Å². The van der Waals surface area contributed by atoms with Gasteiger partial charge in [-0.05, 0) is 34.5 Å². The minimum Gasteiger partial charge on any atom is -0.444 e. The molecule has 0 aliphatic carbocycles. The van der Waals surface area contributed by atoms with Crippen LogP contribution < -0.4 is 5.32 Å². The number of Topliss-reactive ketones (excluding diaryl/α,β-unsaturated/α-hetero) is 1. The zero-order valence-electron chi connectivity index (χ0n) is 11.3. The van der Waals surface area contributed by atoms with Gasteiger partial charge in [0.15, 0.2) is 5.78 Å². The fourth-order valence-corrected chi connectivity index (χ4v) is 2.02. The van der Waals surface area contributed by atoms with Gasteiger partial charge >= 0.3 is 6.09 Å². The lowest BCUT2D eigenvalue weighted by molar-refractivity contribution is 0.101. The van der Waals surface area contributed by atoms with Crippen molar-refractivity contribution in [3.8, 4) is 0 Å². The summed E-state index contributed by atoms with van der Waals surface area (Å²) < 4.78 is 5.62. The first-order valence-electron chi connectivity index (χ1n) is 6.20. The third kappa shape index (κ3) is 4.39. The van der Waals surface area contributed by atoms with Gasteiger partial charge in [0.2, 0.25) is 0 Å². The van der Waals surface area contributed by atoms with Gasteiger partial charge in [-0.25, -0.2) is 9.78 Å². The lowest BCUT2D eigenvalue weighted by Gasteiger charge is -2.10. The molecule has 1 aromatic carbocycles. The van der Waals surface area contributed by atoms with E-state index < -0.39 is 6.09 Å². The number of aromatic nitrogens is 1. The van der Waals surface area contributed by atoms with Crippen LogP contribution in [0.4, 0.5) is 10.5 Å². The minimum atomic E-state index is -0.634. The fourth-order valence-electron chi connectivity index (χ4n) is 1.69. The van der Waals surface area contributed by atoms with Gasteiger partial charge in [-0.2, -0.15) is 0 Å². The molecule has 0 saturated heterocycles. The van der Waals surface area contributed by atoms with Crippen molar-refractivity contribution in [2.75, 3.05) is 5.32 Å². The molecule has 1 aromatic heterocycles. The van der Waals surface area contributed by atoms with Crippen molar-refractivity contribution in [3.05, 3.63) is 58.3 Å². The molecular formula is C15H13BrN2O3. The molecule has 0 radical (unpaired) electrons. The number of ether oxygens (including phenoxy) is 1. The van der Waals surface area contributed by atoms with E-state index in [2.05, 4.69) is 26.2 Å². The quantitative estimate of drug-likeness (QED) is 0.674. The number of nitrogens with zero attached hydrogens (tertiary/aromatic N) is 1. The number of ketones is 1. The van der Waals surface area contributed by atoms with Crippen molar-refractivity contribution >= 4 is 33.5 Å². The van der Waals surface area contributed by atoms with Crippen molar-refractivity contribution in [1.29, 1.82) is 0 Å². The fraction of sp³-hybridized carbons (Fsp3) is 0.133. The van der Waals surface area contributed by atoms with E-state index in [1.165, 1.54) is 13.1 Å². The number of nitrogens with one attached hydrogen (secondary N) is 1. The first-order chi connectivity index (χ1) is 10.1. The lowest BCUT2D eigenvalue weighted by atomic mass is 10.1. The van der Waals surface area contributed by atoms with Crippen LogP contribution in [-0.2, 0) is 11.3 Å². The number of benzene rings is 1. The Morgan fingerprint density at radius 2 is 2.00 bits per heavy atom. The second-order valence-corrected chi connectivity index (χ2v) is 5.11. The molecule has 2 aromatic rings. The van der Waals surface area contributed by atoms with Crippen LogP contribution in [0.5, 0.6) is 0 Å². The standard InChI is InChI=1S/C15H13BrN2O3/c1-10(19)12-7-14(16)17-8-13(12)18-15(20)21-9-11-5-3-2-4-6-11/h2-8H,9H2,1H3,(H,18,20). The molecule has 0 fully saturated rings. The molecule has 6 heteroatoms. The summed E-state index contributed by atoms with van der Waals surface area (Å²) in [5.41, 5.74) is 1.57. The average molecular weight is 349 g/mol. The van der Waals surface area contributed by atoms with E-state index in [-0.39, 0.29) is 12.4 Å². The van der Waals surface area contributed by atoms with Crippen LogP contribution in [0.2, 0.25) is 0 Å². The number of pyridine rings is 1. The number of carbonyl (C=O) groups excluding carboxylic acids is 2. The van der Waals surface area contributed by atoms with E-state index in [0.29, 0.717) is 15.9 Å². The normalized spacial score (nSPS) is 10.0. The molecule has 2 rings (SSSR count). The Bertz CT molecular complexity index is 659. The molecule has 0 unspecified atom stereocenters. The summed E-state index contributed by atoms with van der Waals surface area (Å²) in [6, 6.07) is 10.9. The number of carbonyl (C=O) groups is 2. The Morgan fingerprint density at radius 1 is 1.29 bits per heavy atom. The van der Waals surface area contributed by atoms with Crippen LogP contribution in [-0.4, -0.2) is 16.9 Å². The molecule has 0 saturated carbocycles. The van der Waals surface area contributed by atoms with E-state index in [1.807, 2.05) is 30.3 Å². The number of amides is 1. The Kier molecular flexibility index (Phi) is 5.05. The molecule has 5 nitrogen and oxygen atoms in total. The van der Waals surface area contributed by atoms with Crippen molar-refractivity contribution < 1.29 is 14.3 Å². The largest absolute Gasteiger partial charge is 0.444 e. The molecule has 1 N–H and O–H groups in total. The van der Waals surface area contributed by atoms with E-state index in [4.69, 9.17) is 4.74 Å². The zero-order valence-corrected chi connectivity index (χ0v) is 12.9. The van der Waals surface area contributed by atoms with Gasteiger partial charge in [0.1, 0.15) is 11.2 Å². The summed E-state index contributed by atoms with van der Waals surface area (Å²) >= 11 is 3.18. The Balaban J connectivity index is 2.01. The number of hydrogen-bond donors (Lipinski definition) is 1. The first-order valence-corrected chi connectivity index (χ1v) is 7.00. The van der Waals surface area contributed by atoms with E-state index in [0.717, 1.165) is 5.56 Å². The molecule has 108 valence electrons. The number of anilines is 1. The monoisotopic (exact) mass is 348 g/mol. The summed E-state index contributed by atoms with van der Waals surface area (Å²) in [6.45, 7) is 1.58. The molecular weight excluding hydrogens is 336 g/mol. The maximum absolute atomic E-state index is 11.8. The smallest absolute Gasteiger partial charge is 0.412 e. The van der Waals surface area contributed by atoms with Gasteiger partial charge in [-0.1, -0.05) is 30.3 Å². The highest BCUT2D eigenvalue weighted by molar-refractivity contribution is 9.10. The number of rotatable bonds is 4. The molecule has 1 amide bonds. The predicted octanol–water partition coefficient (Wildman–Crippen LogP) is 3.80. The van der Waals surface area contributed by atoms with Crippen LogP contribution in [0.1, 0.15) is 22.8 Å². The van der Waals surface area contributed by atoms with Crippen LogP contribution >= 0.6 is 15.9 Å². The number of hydrogen-bond acceptors (Lipinski definition) is 4. The summed E-state index contributed by atoms with van der Waals surface area (Å²) in [5.74, 6) is -0.170. The Morgan fingerprint density at radius 3 is 2.67 bits per heavy atom. The third-order valence-electron chi connectivity index (χ3n) is 2.70. The summed E-state index contributed by atoms with van der Waals surface area (Å²) in [6.07, 6.45) is 0.774. The van der Waals surface area contributed by atoms with Crippen LogP contribution in [0.3, 0.4) is 0 Å². The van der Waals surface area contributed by atoms with Gasteiger partial charge in [0.25, 0.3) is 0 Å². The van der Waals surface area contributed by atoms with Crippen LogP contribution in [0, 0.1) is 0 Å². The Hall–Kier alpha value is -2.21. The molecule has 0 aliphatic rings. The molecule has 0 aliphatic heterocycles. The highest BCUT2D eigenvalue weighted by Gasteiger charge is 2.12. The maximum Gasteiger partial charge on any atom is 0.412 e. The first kappa shape index (κ1) is 15.2. The SMILES string of the molecule is CC(=O)c1cc(Br)ncc1NC(=O)OCc1ccccc1. The third-order valence-corrected chi connectivity index (χ3v) is 3.13. The van der Waals surface area contributed by atoms with Crippen molar-refractivity contribution in [1.82, 2.24) is 4.98 Å². The predicted molar refractivity (Wildman–Crippen MR) is 82.2 cm³/mol. The zero-order chi connectivity index (χ0) is 15.2. The van der Waals surface area contributed by atoms with E-state index in [9.17, 15) is 9.59 Å². The second-order valence-electron chi connectivity index (χ2n) is 4.30. The molecule has 0 atom stereocenters. The Labute approximate surface area is 130 Å². The molecule has 0 spiro atoms. The average Bonchev–Trinajstić information content (AvgIpc) is 2.48. The highest BCUT2D eigenvalue weighted by atomic mass is 79.9. The minimum absolute atomic E-state index is 0.159. The molecule has 1 heterocycles. The van der Waals surface area contributed by atoms with Crippen molar-refractivity contribution in [2.24, 2.45) is 0 Å². The van der Waals surface area contributed by atoms with Gasteiger partial charge in [0, 0.05) is 5.56 Å². The molecule has 0 bridgehead atoms. The summed E-state index contributed by atoms with van der Waals surface area (Å²) in [5, 5.41) is 2.52. The lowest BCUT2D eigenvalue weighted by Crippen LogP contribution is -2.16. The highest BCUT2D eigenvalue weighted by Crippen LogP contribution is 2.19. The maximum atomic E-state index is 11.8. The number of halogens is 1. The van der Waals surface area contributed by atoms with Gasteiger partial charge in [0.05, 0.1) is 11.9 Å². The van der Waals surface area contributed by atoms with Crippen LogP contribution in [0.25, 0.3) is 0 Å². The van der Waals surface area contributed by atoms with E-state index >= 15 is 0 Å². The van der Waals surface area contributed by atoms with Gasteiger partial charge < -0.3 is 4.74 Å². The topological polar surface area (TPSA) is 68.3 Å². The molecule has 21 heavy (non-hydrogen) atoms.